The molecule has 0 spiro atoms. The van der Waals surface area contributed by atoms with Crippen LogP contribution < -0.4 is 0 Å². The van der Waals surface area contributed by atoms with Crippen molar-refractivity contribution in [1.29, 1.82) is 0 Å². The van der Waals surface area contributed by atoms with Crippen molar-refractivity contribution in [3.05, 3.63) is 36.8 Å². The highest BCUT2D eigenvalue weighted by molar-refractivity contribution is 5.25. The van der Waals surface area contributed by atoms with Crippen LogP contribution >= 0.6 is 0 Å². The Hall–Kier alpha value is -1.32. The van der Waals surface area contributed by atoms with Gasteiger partial charge in [0.1, 0.15) is 5.76 Å². The molecule has 2 atom stereocenters. The number of hydrogen-bond acceptors (Lipinski definition) is 2. The molecule has 21 heavy (non-hydrogen) atoms. The molecule has 0 aromatic rings. The third-order valence-electron chi connectivity index (χ3n) is 4.17. The van der Waals surface area contributed by atoms with E-state index in [1.807, 2.05) is 13.8 Å². The summed E-state index contributed by atoms with van der Waals surface area (Å²) in [6.45, 7) is 15.0. The Labute approximate surface area is 127 Å². The molecule has 2 nitrogen and oxygen atoms in total. The van der Waals surface area contributed by atoms with Crippen LogP contribution in [-0.2, 0) is 4.74 Å². The van der Waals surface area contributed by atoms with Gasteiger partial charge >= 0.3 is 6.61 Å². The Morgan fingerprint density at radius 3 is 2.14 bits per heavy atom. The second kappa shape index (κ2) is 7.62. The number of allylic oxidation sites excluding steroid dienone is 2. The number of piperidine rings is 1. The summed E-state index contributed by atoms with van der Waals surface area (Å²) >= 11 is 0. The summed E-state index contributed by atoms with van der Waals surface area (Å²) in [6, 6.07) is 0. The van der Waals surface area contributed by atoms with Gasteiger partial charge in [-0.05, 0) is 29.7 Å². The fourth-order valence-electron chi connectivity index (χ4n) is 3.30. The van der Waals surface area contributed by atoms with Gasteiger partial charge < -0.3 is 9.64 Å². The summed E-state index contributed by atoms with van der Waals surface area (Å²) in [5, 5.41) is 0. The standard InChI is InChI=1S/C15H21F2NO.C2H6/c1-5-11(19-15(16)17)6-10(4)18-7-12-13(8-18)14(12)9(2)3;1-2/h5-6,9,12-15H,1,4,7-8H2,2-3H3;1-2H3/b11-6+;. The predicted octanol–water partition coefficient (Wildman–Crippen LogP) is 4.67. The summed E-state index contributed by atoms with van der Waals surface area (Å²) < 4.78 is 28.7. The van der Waals surface area contributed by atoms with Crippen molar-refractivity contribution in [1.82, 2.24) is 4.90 Å². The first-order valence-corrected chi connectivity index (χ1v) is 7.66. The van der Waals surface area contributed by atoms with Gasteiger partial charge in [0.25, 0.3) is 0 Å². The summed E-state index contributed by atoms with van der Waals surface area (Å²) in [5.74, 6) is 3.11. The number of nitrogens with zero attached hydrogens (tertiary/aromatic N) is 1. The van der Waals surface area contributed by atoms with Gasteiger partial charge in [-0.15, -0.1) is 0 Å². The quantitative estimate of drug-likeness (QED) is 0.522. The molecule has 2 rings (SSSR count). The van der Waals surface area contributed by atoms with E-state index >= 15 is 0 Å². The Morgan fingerprint density at radius 1 is 1.24 bits per heavy atom. The van der Waals surface area contributed by atoms with Crippen LogP contribution in [0.15, 0.2) is 36.8 Å². The number of ether oxygens (including phenoxy) is 1. The van der Waals surface area contributed by atoms with E-state index in [-0.39, 0.29) is 5.76 Å². The van der Waals surface area contributed by atoms with E-state index in [0.29, 0.717) is 0 Å². The minimum absolute atomic E-state index is 0.0704. The lowest BCUT2D eigenvalue weighted by Gasteiger charge is -2.23. The zero-order chi connectivity index (χ0) is 16.2. The van der Waals surface area contributed by atoms with E-state index in [9.17, 15) is 8.78 Å². The van der Waals surface area contributed by atoms with Gasteiger partial charge in [-0.3, -0.25) is 0 Å². The molecule has 0 bridgehead atoms. The van der Waals surface area contributed by atoms with Crippen molar-refractivity contribution in [2.24, 2.45) is 23.7 Å². The largest absolute Gasteiger partial charge is 0.435 e. The lowest BCUT2D eigenvalue weighted by molar-refractivity contribution is -0.0921. The zero-order valence-corrected chi connectivity index (χ0v) is 13.5. The van der Waals surface area contributed by atoms with Gasteiger partial charge in [-0.1, -0.05) is 40.9 Å². The van der Waals surface area contributed by atoms with Crippen LogP contribution in [0.25, 0.3) is 0 Å². The summed E-state index contributed by atoms with van der Waals surface area (Å²) in [5.41, 5.74) is 0.727. The van der Waals surface area contributed by atoms with E-state index in [0.717, 1.165) is 42.5 Å². The monoisotopic (exact) mass is 299 g/mol. The minimum Gasteiger partial charge on any atom is -0.435 e. The molecule has 0 N–H and O–H groups in total. The Kier molecular flexibility index (Phi) is 6.43. The van der Waals surface area contributed by atoms with Crippen LogP contribution in [0, 0.1) is 23.7 Å². The molecule has 1 saturated carbocycles. The smallest absolute Gasteiger partial charge is 0.387 e. The molecule has 1 heterocycles. The molecule has 0 aromatic carbocycles. The normalized spacial score (nSPS) is 27.1. The first-order chi connectivity index (χ1) is 9.93. The topological polar surface area (TPSA) is 12.5 Å². The van der Waals surface area contributed by atoms with Crippen LogP contribution in [0.4, 0.5) is 8.78 Å². The second-order valence-electron chi connectivity index (χ2n) is 5.67. The van der Waals surface area contributed by atoms with Crippen molar-refractivity contribution >= 4 is 0 Å². The minimum atomic E-state index is -2.82. The maximum absolute atomic E-state index is 12.2. The number of halogens is 2. The van der Waals surface area contributed by atoms with Crippen LogP contribution in [0.5, 0.6) is 0 Å². The molecule has 2 unspecified atom stereocenters. The average molecular weight is 299 g/mol. The van der Waals surface area contributed by atoms with E-state index in [2.05, 4.69) is 36.6 Å². The first-order valence-electron chi connectivity index (χ1n) is 7.66. The van der Waals surface area contributed by atoms with Gasteiger partial charge in [0.15, 0.2) is 0 Å². The lowest BCUT2D eigenvalue weighted by atomic mass is 10.0. The molecule has 1 aliphatic heterocycles. The van der Waals surface area contributed by atoms with Crippen molar-refractivity contribution in [2.75, 3.05) is 13.1 Å². The third-order valence-corrected chi connectivity index (χ3v) is 4.17. The molecular formula is C17H27F2NO. The molecule has 0 amide bonds. The van der Waals surface area contributed by atoms with E-state index in [1.54, 1.807) is 0 Å². The maximum atomic E-state index is 12.2. The zero-order valence-electron chi connectivity index (χ0n) is 13.5. The number of hydrogen-bond donors (Lipinski definition) is 0. The molecule has 1 saturated heterocycles. The lowest BCUT2D eigenvalue weighted by Crippen LogP contribution is -2.24. The van der Waals surface area contributed by atoms with Gasteiger partial charge in [-0.25, -0.2) is 0 Å². The number of fused-ring (bicyclic) bond motifs is 1. The van der Waals surface area contributed by atoms with Crippen LogP contribution in [0.1, 0.15) is 27.7 Å². The number of alkyl halides is 2. The molecule has 2 aliphatic rings. The van der Waals surface area contributed by atoms with E-state index in [1.165, 1.54) is 12.2 Å². The molecule has 0 radical (unpaired) electrons. The summed E-state index contributed by atoms with van der Waals surface area (Å²) in [6.07, 6.45) is 2.82. The Balaban J connectivity index is 0.00000106. The summed E-state index contributed by atoms with van der Waals surface area (Å²) in [4.78, 5) is 2.15. The van der Waals surface area contributed by atoms with Gasteiger partial charge in [0, 0.05) is 24.9 Å². The Bertz CT molecular complexity index is 392. The summed E-state index contributed by atoms with van der Waals surface area (Å²) in [7, 11) is 0. The fraction of sp³-hybridized carbons (Fsp3) is 0.647. The molecule has 2 fully saturated rings. The van der Waals surface area contributed by atoms with Crippen molar-refractivity contribution in [3.8, 4) is 0 Å². The number of likely N-dealkylation sites (tertiary alicyclic amines) is 1. The van der Waals surface area contributed by atoms with Gasteiger partial charge in [-0.2, -0.15) is 8.78 Å². The second-order valence-corrected chi connectivity index (χ2v) is 5.67. The maximum Gasteiger partial charge on any atom is 0.387 e. The van der Waals surface area contributed by atoms with Crippen LogP contribution in [-0.4, -0.2) is 24.6 Å². The fourth-order valence-corrected chi connectivity index (χ4v) is 3.30. The predicted molar refractivity (Wildman–Crippen MR) is 82.7 cm³/mol. The van der Waals surface area contributed by atoms with E-state index in [4.69, 9.17) is 0 Å². The average Bonchev–Trinajstić information content (AvgIpc) is 2.95. The first kappa shape index (κ1) is 17.7. The number of rotatable bonds is 6. The molecule has 120 valence electrons. The molecule has 4 heteroatoms. The highest BCUT2D eigenvalue weighted by Gasteiger charge is 2.56. The highest BCUT2D eigenvalue weighted by atomic mass is 19.3. The highest BCUT2D eigenvalue weighted by Crippen LogP contribution is 2.56. The van der Waals surface area contributed by atoms with Crippen molar-refractivity contribution < 1.29 is 13.5 Å². The Morgan fingerprint density at radius 2 is 1.76 bits per heavy atom. The van der Waals surface area contributed by atoms with Gasteiger partial charge in [0.2, 0.25) is 0 Å². The molecule has 0 aromatic heterocycles. The van der Waals surface area contributed by atoms with Crippen molar-refractivity contribution in [3.63, 3.8) is 0 Å². The van der Waals surface area contributed by atoms with Crippen molar-refractivity contribution in [2.45, 2.75) is 34.3 Å². The molecular weight excluding hydrogens is 272 g/mol. The molecule has 1 aliphatic carbocycles. The van der Waals surface area contributed by atoms with E-state index < -0.39 is 6.61 Å². The third kappa shape index (κ3) is 4.32. The SMILES string of the molecule is C=C/C(=C\C(=C)N1CC2C(C1)C2C(C)C)OC(F)F.CC. The van der Waals surface area contributed by atoms with Crippen LogP contribution in [0.2, 0.25) is 0 Å². The van der Waals surface area contributed by atoms with Crippen LogP contribution in [0.3, 0.4) is 0 Å². The van der Waals surface area contributed by atoms with Gasteiger partial charge in [0.05, 0.1) is 0 Å².